The number of aromatic nitrogens is 5. The van der Waals surface area contributed by atoms with Crippen LogP contribution in [0.1, 0.15) is 52.0 Å². The zero-order valence-corrected chi connectivity index (χ0v) is 20.2. The molecule has 2 unspecified atom stereocenters. The molecule has 1 saturated heterocycles. The first-order valence-electron chi connectivity index (χ1n) is 12.1. The maximum absolute atomic E-state index is 12.9. The SMILES string of the molecule is CC.CN1CCC(NC(=O)C2CCC(n3cc(-c4ccn(C)n4)c4c(N)ncnc43)C2)CC1. The number of likely N-dealkylation sites (tertiary alicyclic amines) is 1. The number of hydrogen-bond donors (Lipinski definition) is 2. The number of carbonyl (C=O) groups is 1. The molecule has 178 valence electrons. The number of fused-ring (bicyclic) bond motifs is 1. The summed E-state index contributed by atoms with van der Waals surface area (Å²) in [7, 11) is 4.03. The monoisotopic (exact) mass is 452 g/mol. The molecule has 2 aliphatic rings. The van der Waals surface area contributed by atoms with E-state index in [2.05, 4.69) is 43.1 Å². The van der Waals surface area contributed by atoms with Crippen LogP contribution in [-0.2, 0) is 11.8 Å². The molecule has 0 spiro atoms. The van der Waals surface area contributed by atoms with Crippen LogP contribution in [0.3, 0.4) is 0 Å². The van der Waals surface area contributed by atoms with Crippen molar-refractivity contribution in [3.63, 3.8) is 0 Å². The van der Waals surface area contributed by atoms with Gasteiger partial charge < -0.3 is 20.5 Å². The minimum Gasteiger partial charge on any atom is -0.383 e. The molecule has 1 saturated carbocycles. The second-order valence-corrected chi connectivity index (χ2v) is 9.03. The van der Waals surface area contributed by atoms with Gasteiger partial charge >= 0.3 is 0 Å². The fraction of sp³-hybridized carbons (Fsp3) is 0.583. The highest BCUT2D eigenvalue weighted by Crippen LogP contribution is 2.40. The largest absolute Gasteiger partial charge is 0.383 e. The van der Waals surface area contributed by atoms with E-state index in [9.17, 15) is 4.79 Å². The van der Waals surface area contributed by atoms with Crippen LogP contribution in [0.5, 0.6) is 0 Å². The number of hydrogen-bond acceptors (Lipinski definition) is 6. The highest BCUT2D eigenvalue weighted by atomic mass is 16.2. The number of nitrogen functional groups attached to an aromatic ring is 1. The summed E-state index contributed by atoms with van der Waals surface area (Å²) < 4.78 is 3.96. The first-order valence-corrected chi connectivity index (χ1v) is 12.1. The standard InChI is InChI=1S/C22H30N8O.C2H6/c1-28-8-5-15(6-9-28)26-22(31)14-3-4-16(11-14)30-12-17(18-7-10-29(2)27-18)19-20(23)24-13-25-21(19)30;1-2/h7,10,12-16H,3-6,8-9,11H2,1-2H3,(H,26,31)(H2,23,24,25);1-2H3. The highest BCUT2D eigenvalue weighted by molar-refractivity contribution is 5.99. The molecule has 1 aliphatic heterocycles. The van der Waals surface area contributed by atoms with E-state index in [1.807, 2.05) is 33.2 Å². The Morgan fingerprint density at radius 2 is 1.88 bits per heavy atom. The van der Waals surface area contributed by atoms with E-state index in [1.165, 1.54) is 6.33 Å². The Hall–Kier alpha value is -2.94. The van der Waals surface area contributed by atoms with Crippen molar-refractivity contribution in [1.29, 1.82) is 0 Å². The Kier molecular flexibility index (Phi) is 6.97. The van der Waals surface area contributed by atoms with Crippen molar-refractivity contribution >= 4 is 22.8 Å². The molecule has 3 aromatic rings. The molecule has 0 aromatic carbocycles. The van der Waals surface area contributed by atoms with Gasteiger partial charge in [-0.3, -0.25) is 9.48 Å². The van der Waals surface area contributed by atoms with E-state index in [1.54, 1.807) is 4.68 Å². The van der Waals surface area contributed by atoms with Gasteiger partial charge in [-0.15, -0.1) is 0 Å². The van der Waals surface area contributed by atoms with Gasteiger partial charge in [-0.25, -0.2) is 9.97 Å². The minimum absolute atomic E-state index is 0.0413. The third kappa shape index (κ3) is 4.73. The van der Waals surface area contributed by atoms with Crippen molar-refractivity contribution in [2.24, 2.45) is 13.0 Å². The lowest BCUT2D eigenvalue weighted by Gasteiger charge is -2.30. The second kappa shape index (κ2) is 9.91. The number of rotatable bonds is 4. The number of anilines is 1. The first-order chi connectivity index (χ1) is 16.0. The fourth-order valence-corrected chi connectivity index (χ4v) is 5.06. The van der Waals surface area contributed by atoms with Gasteiger partial charge in [-0.05, 0) is 58.3 Å². The van der Waals surface area contributed by atoms with Crippen molar-refractivity contribution in [2.75, 3.05) is 25.9 Å². The van der Waals surface area contributed by atoms with Crippen LogP contribution in [0.15, 0.2) is 24.8 Å². The third-order valence-electron chi connectivity index (χ3n) is 6.86. The van der Waals surface area contributed by atoms with E-state index in [-0.39, 0.29) is 17.9 Å². The summed E-state index contributed by atoms with van der Waals surface area (Å²) in [6, 6.07) is 2.49. The molecular weight excluding hydrogens is 416 g/mol. The summed E-state index contributed by atoms with van der Waals surface area (Å²) in [6.45, 7) is 6.09. The summed E-state index contributed by atoms with van der Waals surface area (Å²) in [5.74, 6) is 0.700. The van der Waals surface area contributed by atoms with E-state index < -0.39 is 0 Å². The molecule has 3 N–H and O–H groups in total. The first kappa shape index (κ1) is 23.2. The number of nitrogens with one attached hydrogen (secondary N) is 1. The number of nitrogens with zero attached hydrogens (tertiary/aromatic N) is 6. The van der Waals surface area contributed by atoms with Crippen LogP contribution >= 0.6 is 0 Å². The van der Waals surface area contributed by atoms with Crippen molar-refractivity contribution in [1.82, 2.24) is 34.5 Å². The maximum atomic E-state index is 12.9. The van der Waals surface area contributed by atoms with E-state index in [4.69, 9.17) is 5.73 Å². The van der Waals surface area contributed by atoms with Gasteiger partial charge in [0.1, 0.15) is 17.8 Å². The summed E-state index contributed by atoms with van der Waals surface area (Å²) in [5.41, 5.74) is 8.84. The lowest BCUT2D eigenvalue weighted by atomic mass is 10.0. The Bertz CT molecular complexity index is 1100. The van der Waals surface area contributed by atoms with Gasteiger partial charge in [0.15, 0.2) is 0 Å². The molecule has 1 aliphatic carbocycles. The zero-order chi connectivity index (χ0) is 23.5. The normalized spacial score (nSPS) is 21.7. The van der Waals surface area contributed by atoms with Crippen LogP contribution < -0.4 is 11.1 Å². The molecule has 2 atom stereocenters. The van der Waals surface area contributed by atoms with Gasteiger partial charge in [0.05, 0.1) is 11.1 Å². The Morgan fingerprint density at radius 1 is 1.12 bits per heavy atom. The molecule has 3 aromatic heterocycles. The number of carbonyl (C=O) groups excluding carboxylic acids is 1. The molecule has 9 nitrogen and oxygen atoms in total. The smallest absolute Gasteiger partial charge is 0.223 e. The number of aryl methyl sites for hydroxylation is 1. The number of amides is 1. The molecule has 2 fully saturated rings. The summed E-state index contributed by atoms with van der Waals surface area (Å²) >= 11 is 0. The Labute approximate surface area is 195 Å². The topological polar surface area (TPSA) is 107 Å². The third-order valence-corrected chi connectivity index (χ3v) is 6.86. The summed E-state index contributed by atoms with van der Waals surface area (Å²) in [6.07, 6.45) is 10.2. The number of piperidine rings is 1. The molecule has 5 rings (SSSR count). The van der Waals surface area contributed by atoms with Crippen molar-refractivity contribution in [3.8, 4) is 11.3 Å². The van der Waals surface area contributed by atoms with Gasteiger partial charge in [-0.1, -0.05) is 13.8 Å². The van der Waals surface area contributed by atoms with Crippen LogP contribution in [0.4, 0.5) is 5.82 Å². The van der Waals surface area contributed by atoms with Crippen LogP contribution in [0, 0.1) is 5.92 Å². The quantitative estimate of drug-likeness (QED) is 0.630. The molecule has 1 amide bonds. The van der Waals surface area contributed by atoms with Crippen LogP contribution in [0.2, 0.25) is 0 Å². The van der Waals surface area contributed by atoms with E-state index in [0.717, 1.165) is 67.5 Å². The average molecular weight is 453 g/mol. The lowest BCUT2D eigenvalue weighted by molar-refractivity contribution is -0.125. The molecular formula is C24H36N8O. The van der Waals surface area contributed by atoms with Crippen LogP contribution in [-0.4, -0.2) is 61.3 Å². The zero-order valence-electron chi connectivity index (χ0n) is 20.2. The molecule has 0 bridgehead atoms. The Balaban J connectivity index is 0.00000126. The average Bonchev–Trinajstić information content (AvgIpc) is 3.55. The second-order valence-electron chi connectivity index (χ2n) is 9.03. The summed E-state index contributed by atoms with van der Waals surface area (Å²) in [4.78, 5) is 24.0. The van der Waals surface area contributed by atoms with E-state index in [0.29, 0.717) is 11.9 Å². The molecule has 9 heteroatoms. The molecule has 4 heterocycles. The molecule has 0 radical (unpaired) electrons. The Morgan fingerprint density at radius 3 is 2.58 bits per heavy atom. The minimum atomic E-state index is 0.0413. The van der Waals surface area contributed by atoms with Gasteiger partial charge in [0.2, 0.25) is 5.91 Å². The van der Waals surface area contributed by atoms with Gasteiger partial charge in [0.25, 0.3) is 0 Å². The van der Waals surface area contributed by atoms with E-state index >= 15 is 0 Å². The lowest BCUT2D eigenvalue weighted by Crippen LogP contribution is -2.45. The van der Waals surface area contributed by atoms with Gasteiger partial charge in [-0.2, -0.15) is 5.10 Å². The highest BCUT2D eigenvalue weighted by Gasteiger charge is 2.33. The molecule has 33 heavy (non-hydrogen) atoms. The maximum Gasteiger partial charge on any atom is 0.223 e. The predicted molar refractivity (Wildman–Crippen MR) is 131 cm³/mol. The van der Waals surface area contributed by atoms with Crippen molar-refractivity contribution < 1.29 is 4.79 Å². The van der Waals surface area contributed by atoms with Crippen molar-refractivity contribution in [2.45, 2.75) is 58.0 Å². The predicted octanol–water partition coefficient (Wildman–Crippen LogP) is 2.99. The fourth-order valence-electron chi connectivity index (χ4n) is 5.06. The number of nitrogens with two attached hydrogens (primary N) is 1. The van der Waals surface area contributed by atoms with Crippen LogP contribution in [0.25, 0.3) is 22.3 Å². The van der Waals surface area contributed by atoms with Crippen molar-refractivity contribution in [3.05, 3.63) is 24.8 Å². The summed E-state index contributed by atoms with van der Waals surface area (Å²) in [5, 5.41) is 8.68. The van der Waals surface area contributed by atoms with Gasteiger partial charge in [0, 0.05) is 43.0 Å².